The van der Waals surface area contributed by atoms with Crippen LogP contribution in [0, 0.1) is 5.92 Å². The second-order valence-corrected chi connectivity index (χ2v) is 11.0. The Bertz CT molecular complexity index is 753. The molecule has 1 aromatic carbocycles. The van der Waals surface area contributed by atoms with Crippen molar-refractivity contribution in [2.45, 2.75) is 67.4 Å². The summed E-state index contributed by atoms with van der Waals surface area (Å²) in [5.74, 6) is -0.502. The van der Waals surface area contributed by atoms with Crippen LogP contribution >= 0.6 is 0 Å². The summed E-state index contributed by atoms with van der Waals surface area (Å²) in [6.45, 7) is 0. The molecule has 0 radical (unpaired) electrons. The average Bonchev–Trinajstić information content (AvgIpc) is 3.18. The van der Waals surface area contributed by atoms with Crippen LogP contribution in [-0.2, 0) is 14.4 Å². The standard InChI is InChI=1S/C21H26N2O3Se/c1-22-19(24)17-15-10-7-13-21(23(15)26-18(17)20(22)25)12-6-5-11-16(21)27-14-8-3-2-4-9-14/h2-4,8-9,15-18H,5-7,10-13H2,1H3/t15-,16?,17+,18-,21+/m0/s1. The second-order valence-electron chi connectivity index (χ2n) is 8.34. The van der Waals surface area contributed by atoms with Crippen molar-refractivity contribution >= 4 is 31.2 Å². The predicted octanol–water partition coefficient (Wildman–Crippen LogP) is 1.90. The molecule has 3 saturated heterocycles. The Hall–Kier alpha value is -1.20. The zero-order chi connectivity index (χ0) is 18.6. The van der Waals surface area contributed by atoms with Crippen molar-refractivity contribution in [3.05, 3.63) is 30.3 Å². The molecule has 0 aromatic heterocycles. The average molecular weight is 433 g/mol. The molecule has 3 heterocycles. The van der Waals surface area contributed by atoms with Crippen molar-refractivity contribution < 1.29 is 14.4 Å². The summed E-state index contributed by atoms with van der Waals surface area (Å²) in [6, 6.07) is 10.9. The Morgan fingerprint density at radius 2 is 1.81 bits per heavy atom. The molecule has 1 unspecified atom stereocenters. The number of fused-ring (bicyclic) bond motifs is 4. The van der Waals surface area contributed by atoms with Gasteiger partial charge in [0.1, 0.15) is 0 Å². The van der Waals surface area contributed by atoms with Crippen molar-refractivity contribution in [1.82, 2.24) is 9.96 Å². The summed E-state index contributed by atoms with van der Waals surface area (Å²) >= 11 is 0.370. The van der Waals surface area contributed by atoms with E-state index in [4.69, 9.17) is 4.84 Å². The van der Waals surface area contributed by atoms with Crippen LogP contribution in [0.3, 0.4) is 0 Å². The molecule has 4 aliphatic rings. The van der Waals surface area contributed by atoms with Crippen molar-refractivity contribution in [2.75, 3.05) is 7.05 Å². The first-order valence-electron chi connectivity index (χ1n) is 10.1. The van der Waals surface area contributed by atoms with Crippen LogP contribution in [-0.4, -0.2) is 61.5 Å². The predicted molar refractivity (Wildman–Crippen MR) is 102 cm³/mol. The number of likely N-dealkylation sites (N-methyl/N-ethyl adjacent to an activating group) is 1. The maximum absolute atomic E-state index is 12.7. The Balaban J connectivity index is 1.47. The number of carbonyl (C=O) groups is 2. The molecule has 2 amide bonds. The second kappa shape index (κ2) is 6.70. The molecule has 6 heteroatoms. The fourth-order valence-electron chi connectivity index (χ4n) is 5.65. The van der Waals surface area contributed by atoms with Crippen molar-refractivity contribution in [2.24, 2.45) is 5.92 Å². The third kappa shape index (κ3) is 2.65. The SMILES string of the molecule is CN1C(=O)[C@H]2[C@H](ON3[C@H]2CCC[C@@]32CCCCC2[Se]c2ccccc2)C1=O. The van der Waals surface area contributed by atoms with E-state index in [0.29, 0.717) is 19.8 Å². The van der Waals surface area contributed by atoms with Gasteiger partial charge in [-0.05, 0) is 0 Å². The van der Waals surface area contributed by atoms with E-state index in [9.17, 15) is 9.59 Å². The van der Waals surface area contributed by atoms with Crippen molar-refractivity contribution in [3.8, 4) is 0 Å². The molecule has 5 nitrogen and oxygen atoms in total. The number of amides is 2. The van der Waals surface area contributed by atoms with Gasteiger partial charge in [-0.3, -0.25) is 0 Å². The number of imide groups is 1. The van der Waals surface area contributed by atoms with Gasteiger partial charge in [0.05, 0.1) is 0 Å². The maximum atomic E-state index is 12.7. The fraction of sp³-hybridized carbons (Fsp3) is 0.619. The first kappa shape index (κ1) is 17.9. The zero-order valence-corrected chi connectivity index (χ0v) is 17.4. The van der Waals surface area contributed by atoms with Crippen LogP contribution in [0.25, 0.3) is 0 Å². The molecule has 4 fully saturated rings. The van der Waals surface area contributed by atoms with Gasteiger partial charge in [-0.2, -0.15) is 0 Å². The molecular weight excluding hydrogens is 407 g/mol. The molecular formula is C21H26N2O3Se. The molecule has 0 bridgehead atoms. The zero-order valence-electron chi connectivity index (χ0n) is 15.7. The quantitative estimate of drug-likeness (QED) is 0.528. The number of piperidine rings is 1. The van der Waals surface area contributed by atoms with E-state index in [2.05, 4.69) is 35.4 Å². The van der Waals surface area contributed by atoms with Crippen LogP contribution in [0.2, 0.25) is 4.82 Å². The summed E-state index contributed by atoms with van der Waals surface area (Å²) in [7, 11) is 1.59. The Morgan fingerprint density at radius 3 is 2.63 bits per heavy atom. The Morgan fingerprint density at radius 1 is 1.04 bits per heavy atom. The summed E-state index contributed by atoms with van der Waals surface area (Å²) in [4.78, 5) is 33.4. The molecule has 5 rings (SSSR count). The topological polar surface area (TPSA) is 49.9 Å². The van der Waals surface area contributed by atoms with E-state index in [1.165, 1.54) is 28.6 Å². The van der Waals surface area contributed by atoms with Crippen LogP contribution < -0.4 is 4.46 Å². The molecule has 1 spiro atoms. The summed E-state index contributed by atoms with van der Waals surface area (Å²) in [5, 5.41) is 2.18. The van der Waals surface area contributed by atoms with Gasteiger partial charge in [-0.1, -0.05) is 0 Å². The van der Waals surface area contributed by atoms with Crippen LogP contribution in [0.5, 0.6) is 0 Å². The van der Waals surface area contributed by atoms with E-state index in [-0.39, 0.29) is 29.3 Å². The van der Waals surface area contributed by atoms with Crippen LogP contribution in [0.4, 0.5) is 0 Å². The third-order valence-electron chi connectivity index (χ3n) is 6.95. The molecule has 0 N–H and O–H groups in total. The van der Waals surface area contributed by atoms with E-state index < -0.39 is 6.10 Å². The van der Waals surface area contributed by atoms with Gasteiger partial charge in [-0.25, -0.2) is 0 Å². The van der Waals surface area contributed by atoms with Gasteiger partial charge < -0.3 is 0 Å². The normalized spacial score (nSPS) is 39.1. The molecule has 1 saturated carbocycles. The number of hydroxylamine groups is 2. The number of carbonyl (C=O) groups excluding carboxylic acids is 2. The number of likely N-dealkylation sites (tertiary alicyclic amines) is 1. The number of benzene rings is 1. The minimum absolute atomic E-state index is 0.000476. The van der Waals surface area contributed by atoms with Gasteiger partial charge in [0, 0.05) is 0 Å². The number of hydrogen-bond donors (Lipinski definition) is 0. The van der Waals surface area contributed by atoms with E-state index in [0.717, 1.165) is 25.7 Å². The molecule has 1 aliphatic carbocycles. The first-order valence-corrected chi connectivity index (χ1v) is 12.0. The summed E-state index contributed by atoms with van der Waals surface area (Å²) < 4.78 is 1.43. The third-order valence-corrected chi connectivity index (χ3v) is 10.1. The summed E-state index contributed by atoms with van der Waals surface area (Å²) in [5.41, 5.74) is 0.000476. The summed E-state index contributed by atoms with van der Waals surface area (Å²) in [6.07, 6.45) is 7.45. The van der Waals surface area contributed by atoms with Gasteiger partial charge >= 0.3 is 166 Å². The van der Waals surface area contributed by atoms with Crippen molar-refractivity contribution in [1.29, 1.82) is 0 Å². The number of nitrogens with zero attached hydrogens (tertiary/aromatic N) is 2. The molecule has 3 aliphatic heterocycles. The number of rotatable bonds is 2. The minimum atomic E-state index is -0.589. The first-order chi connectivity index (χ1) is 13.1. The molecule has 1 aromatic rings. The van der Waals surface area contributed by atoms with Crippen LogP contribution in [0.1, 0.15) is 44.9 Å². The molecule has 5 atom stereocenters. The Labute approximate surface area is 166 Å². The van der Waals surface area contributed by atoms with E-state index in [1.54, 1.807) is 7.05 Å². The van der Waals surface area contributed by atoms with Crippen LogP contribution in [0.15, 0.2) is 30.3 Å². The fourth-order valence-corrected chi connectivity index (χ4v) is 8.77. The Kier molecular flexibility index (Phi) is 4.43. The van der Waals surface area contributed by atoms with Gasteiger partial charge in [0.25, 0.3) is 0 Å². The van der Waals surface area contributed by atoms with Crippen molar-refractivity contribution in [3.63, 3.8) is 0 Å². The van der Waals surface area contributed by atoms with Gasteiger partial charge in [-0.15, -0.1) is 0 Å². The molecule has 27 heavy (non-hydrogen) atoms. The van der Waals surface area contributed by atoms with E-state index >= 15 is 0 Å². The monoisotopic (exact) mass is 434 g/mol. The molecule has 144 valence electrons. The van der Waals surface area contributed by atoms with E-state index in [1.807, 2.05) is 0 Å². The number of hydrogen-bond acceptors (Lipinski definition) is 4. The van der Waals surface area contributed by atoms with Gasteiger partial charge in [0.2, 0.25) is 0 Å². The van der Waals surface area contributed by atoms with Gasteiger partial charge in [0.15, 0.2) is 0 Å².